The van der Waals surface area contributed by atoms with Crippen molar-refractivity contribution >= 4 is 76.9 Å². The van der Waals surface area contributed by atoms with Gasteiger partial charge >= 0.3 is 0 Å². The van der Waals surface area contributed by atoms with E-state index in [0.29, 0.717) is 32.6 Å². The summed E-state index contributed by atoms with van der Waals surface area (Å²) >= 11 is 15.0. The van der Waals surface area contributed by atoms with E-state index in [1.807, 2.05) is 6.92 Å². The Morgan fingerprint density at radius 2 is 1.62 bits per heavy atom. The van der Waals surface area contributed by atoms with Crippen molar-refractivity contribution in [3.63, 3.8) is 0 Å². The number of amides is 2. The van der Waals surface area contributed by atoms with Gasteiger partial charge in [-0.05, 0) is 87.4 Å². The molecule has 0 fully saturated rings. The van der Waals surface area contributed by atoms with Crippen molar-refractivity contribution in [3.8, 4) is 11.5 Å². The Bertz CT molecular complexity index is 927. The van der Waals surface area contributed by atoms with E-state index >= 15 is 0 Å². The summed E-state index contributed by atoms with van der Waals surface area (Å²) < 4.78 is 13.0. The first-order chi connectivity index (χ1) is 13.8. The Hall–Kier alpha value is -1.69. The smallest absolute Gasteiger partial charge is 0.276 e. The summed E-state index contributed by atoms with van der Waals surface area (Å²) in [5.41, 5.74) is 5.18. The molecule has 0 bridgehead atoms. The average Bonchev–Trinajstić information content (AvgIpc) is 2.67. The second-order valence-corrected chi connectivity index (χ2v) is 8.43. The fraction of sp³-hybridized carbons (Fsp3) is 0.167. The van der Waals surface area contributed by atoms with Crippen molar-refractivity contribution in [2.24, 2.45) is 0 Å². The molecule has 2 rings (SSSR count). The molecule has 7 nitrogen and oxygen atoms in total. The Morgan fingerprint density at radius 3 is 2.28 bits per heavy atom. The lowest BCUT2D eigenvalue weighted by Gasteiger charge is -2.12. The van der Waals surface area contributed by atoms with Gasteiger partial charge in [0.05, 0.1) is 15.6 Å². The van der Waals surface area contributed by atoms with E-state index in [0.717, 1.165) is 4.47 Å². The second kappa shape index (κ2) is 11.5. The van der Waals surface area contributed by atoms with Crippen LogP contribution in [0.15, 0.2) is 49.8 Å². The third kappa shape index (κ3) is 7.57. The highest BCUT2D eigenvalue weighted by atomic mass is 79.9. The minimum absolute atomic E-state index is 0.0572. The molecule has 29 heavy (non-hydrogen) atoms. The molecule has 0 aliphatic heterocycles. The Balaban J connectivity index is 1.79. The number of ether oxygens (including phenoxy) is 2. The van der Waals surface area contributed by atoms with E-state index < -0.39 is 11.8 Å². The van der Waals surface area contributed by atoms with Crippen LogP contribution in [0.5, 0.6) is 11.5 Å². The highest BCUT2D eigenvalue weighted by Gasteiger charge is 2.12. The van der Waals surface area contributed by atoms with Crippen LogP contribution in [0.4, 0.5) is 0 Å². The van der Waals surface area contributed by atoms with Crippen LogP contribution in [-0.4, -0.2) is 30.1 Å². The molecule has 0 aliphatic carbocycles. The molecule has 2 aromatic carbocycles. The monoisotopic (exact) mass is 607 g/mol. The molecule has 0 atom stereocenters. The molecule has 0 heterocycles. The number of rotatable bonds is 6. The maximum absolute atomic E-state index is 12.3. The lowest BCUT2D eigenvalue weighted by atomic mass is 10.2. The molecule has 2 amide bonds. The van der Waals surface area contributed by atoms with Gasteiger partial charge in [0.1, 0.15) is 11.5 Å². The molecule has 0 saturated heterocycles. The quantitative estimate of drug-likeness (QED) is 0.338. The Kier molecular flexibility index (Phi) is 9.34. The highest BCUT2D eigenvalue weighted by Crippen LogP contribution is 2.28. The van der Waals surface area contributed by atoms with Gasteiger partial charge in [0.15, 0.2) is 11.7 Å². The number of carbonyl (C=O) groups is 2. The van der Waals surface area contributed by atoms with Gasteiger partial charge < -0.3 is 9.47 Å². The topological polar surface area (TPSA) is 88.7 Å². The summed E-state index contributed by atoms with van der Waals surface area (Å²) in [6, 6.07) is 10.2. The largest absolute Gasteiger partial charge is 0.493 e. The normalized spacial score (nSPS) is 10.1. The van der Waals surface area contributed by atoms with Crippen LogP contribution >= 0.6 is 60.0 Å². The minimum atomic E-state index is -0.472. The van der Waals surface area contributed by atoms with E-state index in [1.54, 1.807) is 36.4 Å². The van der Waals surface area contributed by atoms with Gasteiger partial charge in [0, 0.05) is 10.0 Å². The number of halogens is 3. The van der Waals surface area contributed by atoms with Crippen LogP contribution in [0.1, 0.15) is 17.3 Å². The number of hydrazine groups is 1. The van der Waals surface area contributed by atoms with Crippen LogP contribution in [0.3, 0.4) is 0 Å². The fourth-order valence-electron chi connectivity index (χ4n) is 2.02. The van der Waals surface area contributed by atoms with E-state index in [9.17, 15) is 9.59 Å². The van der Waals surface area contributed by atoms with Crippen LogP contribution in [0.2, 0.25) is 0 Å². The van der Waals surface area contributed by atoms with E-state index in [4.69, 9.17) is 21.7 Å². The molecule has 0 saturated carbocycles. The van der Waals surface area contributed by atoms with Crippen LogP contribution in [0.25, 0.3) is 0 Å². The molecular weight excluding hydrogens is 594 g/mol. The van der Waals surface area contributed by atoms with E-state index in [2.05, 4.69) is 64.0 Å². The van der Waals surface area contributed by atoms with Crippen molar-refractivity contribution < 1.29 is 19.1 Å². The molecule has 11 heteroatoms. The van der Waals surface area contributed by atoms with Gasteiger partial charge in [-0.2, -0.15) is 0 Å². The van der Waals surface area contributed by atoms with Gasteiger partial charge in [0.25, 0.3) is 11.8 Å². The number of carbonyl (C=O) groups excluding carboxylic acids is 2. The van der Waals surface area contributed by atoms with Gasteiger partial charge in [-0.25, -0.2) is 0 Å². The summed E-state index contributed by atoms with van der Waals surface area (Å²) in [5, 5.41) is 2.41. The zero-order valence-electron chi connectivity index (χ0n) is 15.1. The molecular formula is C18H16Br3N3O4S. The predicted octanol–water partition coefficient (Wildman–Crippen LogP) is 4.09. The molecule has 0 aliphatic rings. The number of thiocarbonyl (C=S) groups is 1. The number of benzene rings is 2. The maximum atomic E-state index is 12.3. The summed E-state index contributed by atoms with van der Waals surface area (Å²) in [6.45, 7) is 2.14. The molecule has 3 N–H and O–H groups in total. The number of hydrogen-bond acceptors (Lipinski definition) is 5. The third-order valence-corrected chi connectivity index (χ3v) is 5.23. The van der Waals surface area contributed by atoms with Crippen LogP contribution in [-0.2, 0) is 4.79 Å². The molecule has 154 valence electrons. The molecule has 0 unspecified atom stereocenters. The van der Waals surface area contributed by atoms with Crippen molar-refractivity contribution in [2.45, 2.75) is 6.92 Å². The molecule has 0 aromatic heterocycles. The van der Waals surface area contributed by atoms with Crippen LogP contribution in [0, 0.1) is 0 Å². The summed E-state index contributed by atoms with van der Waals surface area (Å²) in [6.07, 6.45) is 0. The Morgan fingerprint density at radius 1 is 0.966 bits per heavy atom. The zero-order valence-corrected chi connectivity index (χ0v) is 20.6. The van der Waals surface area contributed by atoms with Crippen molar-refractivity contribution in [2.75, 3.05) is 13.2 Å². The van der Waals surface area contributed by atoms with E-state index in [-0.39, 0.29) is 11.7 Å². The standard InChI is InChI=1S/C18H16Br3N3O4S/c1-2-27-14-5-3-10(7-12(14)20)17(26)22-18(29)24-23-16(25)9-28-15-6-4-11(19)8-13(15)21/h3-8H,2,9H2,1H3,(H,23,25)(H2,22,24,26,29). The highest BCUT2D eigenvalue weighted by molar-refractivity contribution is 9.11. The summed E-state index contributed by atoms with van der Waals surface area (Å²) in [7, 11) is 0. The lowest BCUT2D eigenvalue weighted by molar-refractivity contribution is -0.123. The average molecular weight is 610 g/mol. The van der Waals surface area contributed by atoms with Crippen molar-refractivity contribution in [1.82, 2.24) is 16.2 Å². The predicted molar refractivity (Wildman–Crippen MR) is 124 cm³/mol. The molecule has 2 aromatic rings. The van der Waals surface area contributed by atoms with Crippen LogP contribution < -0.4 is 25.6 Å². The van der Waals surface area contributed by atoms with Gasteiger partial charge in [0.2, 0.25) is 0 Å². The fourth-order valence-corrected chi connectivity index (χ4v) is 3.82. The SMILES string of the molecule is CCOc1ccc(C(=O)NC(=S)NNC(=O)COc2ccc(Br)cc2Br)cc1Br. The van der Waals surface area contributed by atoms with Crippen molar-refractivity contribution in [1.29, 1.82) is 0 Å². The van der Waals surface area contributed by atoms with Gasteiger partial charge in [-0.3, -0.25) is 25.8 Å². The number of hydrogen-bond donors (Lipinski definition) is 3. The summed E-state index contributed by atoms with van der Waals surface area (Å²) in [4.78, 5) is 24.1. The maximum Gasteiger partial charge on any atom is 0.276 e. The lowest BCUT2D eigenvalue weighted by Crippen LogP contribution is -2.49. The van der Waals surface area contributed by atoms with Gasteiger partial charge in [-0.1, -0.05) is 15.9 Å². The molecule has 0 spiro atoms. The number of nitrogens with one attached hydrogen (secondary N) is 3. The molecule has 0 radical (unpaired) electrons. The minimum Gasteiger partial charge on any atom is -0.493 e. The van der Waals surface area contributed by atoms with Crippen molar-refractivity contribution in [3.05, 3.63) is 55.4 Å². The second-order valence-electron chi connectivity index (χ2n) is 5.40. The first-order valence-corrected chi connectivity index (χ1v) is 11.0. The first kappa shape index (κ1) is 23.6. The third-order valence-electron chi connectivity index (χ3n) is 3.29. The first-order valence-electron chi connectivity index (χ1n) is 8.20. The van der Waals surface area contributed by atoms with E-state index in [1.165, 1.54) is 0 Å². The zero-order chi connectivity index (χ0) is 21.4. The summed E-state index contributed by atoms with van der Waals surface area (Å²) in [5.74, 6) is 0.241. The Labute approximate surface area is 198 Å². The van der Waals surface area contributed by atoms with Gasteiger partial charge in [-0.15, -0.1) is 0 Å².